The number of furan rings is 1. The van der Waals surface area contributed by atoms with Crippen LogP contribution in [0.2, 0.25) is 0 Å². The molecule has 0 aliphatic carbocycles. The molecule has 0 saturated heterocycles. The van der Waals surface area contributed by atoms with Gasteiger partial charge >= 0.3 is 5.88 Å². The Balaban J connectivity index is 1.85. The lowest BCUT2D eigenvalue weighted by Crippen LogP contribution is -2.23. The van der Waals surface area contributed by atoms with Crippen molar-refractivity contribution >= 4 is 18.0 Å². The first-order valence-corrected chi connectivity index (χ1v) is 5.03. The van der Waals surface area contributed by atoms with Crippen molar-refractivity contribution in [1.29, 1.82) is 0 Å². The van der Waals surface area contributed by atoms with Gasteiger partial charge in [0, 0.05) is 0 Å². The predicted molar refractivity (Wildman–Crippen MR) is 61.1 cm³/mol. The maximum absolute atomic E-state index is 11.4. The monoisotopic (exact) mass is 264 g/mol. The maximum atomic E-state index is 11.4. The van der Waals surface area contributed by atoms with E-state index in [0.29, 0.717) is 0 Å². The Bertz CT molecular complexity index is 602. The molecule has 1 N–H and O–H groups in total. The first-order chi connectivity index (χ1) is 9.15. The van der Waals surface area contributed by atoms with Crippen LogP contribution in [0.15, 0.2) is 34.3 Å². The minimum absolute atomic E-state index is 0.0321. The zero-order valence-corrected chi connectivity index (χ0v) is 9.46. The first kappa shape index (κ1) is 12.4. The Morgan fingerprint density at radius 3 is 3.11 bits per heavy atom. The van der Waals surface area contributed by atoms with Crippen LogP contribution >= 0.6 is 0 Å². The van der Waals surface area contributed by atoms with Gasteiger partial charge in [-0.05, 0) is 6.07 Å². The van der Waals surface area contributed by atoms with Crippen molar-refractivity contribution in [1.82, 2.24) is 20.2 Å². The third kappa shape index (κ3) is 3.46. The summed E-state index contributed by atoms with van der Waals surface area (Å²) in [4.78, 5) is 24.7. The minimum atomic E-state index is -0.666. The molecule has 2 heterocycles. The highest BCUT2D eigenvalue weighted by atomic mass is 16.6. The fraction of sp³-hybridized carbons (Fsp3) is 0.111. The summed E-state index contributed by atoms with van der Waals surface area (Å²) in [5.74, 6) is -0.647. The van der Waals surface area contributed by atoms with Crippen LogP contribution in [-0.4, -0.2) is 31.8 Å². The van der Waals surface area contributed by atoms with Crippen molar-refractivity contribution in [3.63, 3.8) is 0 Å². The molecular formula is C9H8N6O4. The molecule has 0 bridgehead atoms. The molecule has 1 amide bonds. The third-order valence-electron chi connectivity index (χ3n) is 1.95. The molecule has 0 saturated carbocycles. The molecule has 0 unspecified atom stereocenters. The summed E-state index contributed by atoms with van der Waals surface area (Å²) in [5, 5.41) is 17.7. The van der Waals surface area contributed by atoms with Crippen molar-refractivity contribution < 1.29 is 14.1 Å². The van der Waals surface area contributed by atoms with Crippen LogP contribution in [-0.2, 0) is 11.3 Å². The maximum Gasteiger partial charge on any atom is 0.433 e. The summed E-state index contributed by atoms with van der Waals surface area (Å²) in [6.07, 6.45) is 3.85. The van der Waals surface area contributed by atoms with Crippen molar-refractivity contribution in [2.75, 3.05) is 0 Å². The Morgan fingerprint density at radius 2 is 2.47 bits per heavy atom. The lowest BCUT2D eigenvalue weighted by atomic mass is 10.5. The molecule has 10 nitrogen and oxygen atoms in total. The smallest absolute Gasteiger partial charge is 0.400 e. The van der Waals surface area contributed by atoms with E-state index in [9.17, 15) is 14.9 Å². The van der Waals surface area contributed by atoms with E-state index < -0.39 is 16.7 Å². The van der Waals surface area contributed by atoms with Gasteiger partial charge in [-0.25, -0.2) is 15.1 Å². The molecule has 0 spiro atoms. The summed E-state index contributed by atoms with van der Waals surface area (Å²) < 4.78 is 6.13. The number of hydrogen-bond acceptors (Lipinski definition) is 7. The molecular weight excluding hydrogens is 256 g/mol. The lowest BCUT2D eigenvalue weighted by molar-refractivity contribution is -0.402. The number of rotatable bonds is 5. The van der Waals surface area contributed by atoms with Crippen LogP contribution < -0.4 is 5.43 Å². The molecule has 2 aromatic heterocycles. The van der Waals surface area contributed by atoms with E-state index in [1.165, 1.54) is 29.5 Å². The number of nitrogens with one attached hydrogen (secondary N) is 1. The number of carbonyl (C=O) groups excluding carboxylic acids is 1. The van der Waals surface area contributed by atoms with E-state index in [4.69, 9.17) is 4.42 Å². The molecule has 2 aromatic rings. The molecule has 0 fully saturated rings. The van der Waals surface area contributed by atoms with Gasteiger partial charge in [-0.3, -0.25) is 14.9 Å². The molecule has 0 atom stereocenters. The highest BCUT2D eigenvalue weighted by molar-refractivity contribution is 5.80. The largest absolute Gasteiger partial charge is 0.433 e. The minimum Gasteiger partial charge on any atom is -0.400 e. The number of aromatic nitrogens is 3. The van der Waals surface area contributed by atoms with Crippen LogP contribution in [0.5, 0.6) is 0 Å². The molecule has 0 aliphatic rings. The summed E-state index contributed by atoms with van der Waals surface area (Å²) in [5.41, 5.74) is 2.22. The van der Waals surface area contributed by atoms with Crippen LogP contribution in [0.1, 0.15) is 5.76 Å². The number of amides is 1. The van der Waals surface area contributed by atoms with E-state index in [1.807, 2.05) is 0 Å². The molecule has 0 radical (unpaired) electrons. The second-order valence-electron chi connectivity index (χ2n) is 3.32. The standard InChI is InChI=1S/C9H8N6O4/c16-8(4-14-6-10-5-12-14)13-11-3-7-1-2-9(19-7)15(17)18/h1-3,5-6H,4H2,(H,13,16)/b11-3-. The second kappa shape index (κ2) is 5.53. The van der Waals surface area contributed by atoms with Gasteiger partial charge in [-0.1, -0.05) is 0 Å². The van der Waals surface area contributed by atoms with Gasteiger partial charge in [-0.15, -0.1) is 0 Å². The summed E-state index contributed by atoms with van der Waals surface area (Å²) in [6, 6.07) is 2.56. The second-order valence-corrected chi connectivity index (χ2v) is 3.32. The average Bonchev–Trinajstić information content (AvgIpc) is 3.00. The zero-order chi connectivity index (χ0) is 13.7. The molecule has 98 valence electrons. The Morgan fingerprint density at radius 1 is 1.63 bits per heavy atom. The number of carbonyl (C=O) groups is 1. The third-order valence-corrected chi connectivity index (χ3v) is 1.95. The number of nitrogens with zero attached hydrogens (tertiary/aromatic N) is 5. The Labute approximate surface area is 105 Å². The fourth-order valence-corrected chi connectivity index (χ4v) is 1.17. The van der Waals surface area contributed by atoms with Crippen molar-refractivity contribution in [3.05, 3.63) is 40.7 Å². The van der Waals surface area contributed by atoms with Crippen LogP contribution in [0, 0.1) is 10.1 Å². The van der Waals surface area contributed by atoms with E-state index in [0.717, 1.165) is 6.21 Å². The molecule has 19 heavy (non-hydrogen) atoms. The van der Waals surface area contributed by atoms with Gasteiger partial charge in [0.2, 0.25) is 0 Å². The molecule has 0 aliphatic heterocycles. The van der Waals surface area contributed by atoms with Crippen molar-refractivity contribution in [2.45, 2.75) is 6.54 Å². The number of nitro groups is 1. The zero-order valence-electron chi connectivity index (χ0n) is 9.46. The van der Waals surface area contributed by atoms with Crippen LogP contribution in [0.4, 0.5) is 5.88 Å². The van der Waals surface area contributed by atoms with Gasteiger partial charge < -0.3 is 4.42 Å². The van der Waals surface area contributed by atoms with Crippen LogP contribution in [0.25, 0.3) is 0 Å². The van der Waals surface area contributed by atoms with Crippen molar-refractivity contribution in [2.24, 2.45) is 5.10 Å². The topological polar surface area (TPSA) is 128 Å². The SMILES string of the molecule is O=C(Cn1cncn1)N/N=C\c1ccc([N+](=O)[O-])o1. The summed E-state index contributed by atoms with van der Waals surface area (Å²) in [7, 11) is 0. The predicted octanol–water partition coefficient (Wildman–Crippen LogP) is -0.0704. The molecule has 10 heteroatoms. The van der Waals surface area contributed by atoms with Gasteiger partial charge in [-0.2, -0.15) is 10.2 Å². The lowest BCUT2D eigenvalue weighted by Gasteiger charge is -1.97. The quantitative estimate of drug-likeness (QED) is 0.457. The van der Waals surface area contributed by atoms with Gasteiger partial charge in [0.25, 0.3) is 5.91 Å². The average molecular weight is 264 g/mol. The fourth-order valence-electron chi connectivity index (χ4n) is 1.17. The van der Waals surface area contributed by atoms with E-state index in [2.05, 4.69) is 20.6 Å². The Kier molecular flexibility index (Phi) is 3.61. The summed E-state index contributed by atoms with van der Waals surface area (Å²) in [6.45, 7) is -0.0321. The highest BCUT2D eigenvalue weighted by Gasteiger charge is 2.10. The van der Waals surface area contributed by atoms with Gasteiger partial charge in [0.1, 0.15) is 24.1 Å². The van der Waals surface area contributed by atoms with Gasteiger partial charge in [0.05, 0.1) is 12.3 Å². The first-order valence-electron chi connectivity index (χ1n) is 5.03. The molecule has 0 aromatic carbocycles. The van der Waals surface area contributed by atoms with Crippen molar-refractivity contribution in [3.8, 4) is 0 Å². The van der Waals surface area contributed by atoms with Gasteiger partial charge in [0.15, 0.2) is 5.76 Å². The number of hydrazone groups is 1. The number of hydrogen-bond donors (Lipinski definition) is 1. The normalized spacial score (nSPS) is 10.7. The van der Waals surface area contributed by atoms with E-state index >= 15 is 0 Å². The van der Waals surface area contributed by atoms with E-state index in [1.54, 1.807) is 0 Å². The molecule has 2 rings (SSSR count). The Hall–Kier alpha value is -3.04. The highest BCUT2D eigenvalue weighted by Crippen LogP contribution is 2.13. The van der Waals surface area contributed by atoms with Crippen LogP contribution in [0.3, 0.4) is 0 Å². The van der Waals surface area contributed by atoms with E-state index in [-0.39, 0.29) is 12.3 Å². The summed E-state index contributed by atoms with van der Waals surface area (Å²) >= 11 is 0.